The summed E-state index contributed by atoms with van der Waals surface area (Å²) in [5, 5.41) is 3.88. The third-order valence-corrected chi connectivity index (χ3v) is 5.13. The first-order valence-corrected chi connectivity index (χ1v) is 7.32. The Morgan fingerprint density at radius 1 is 1.11 bits per heavy atom. The van der Waals surface area contributed by atoms with Crippen molar-refractivity contribution >= 4 is 0 Å². The maximum Gasteiger partial charge on any atom is 0.0721 e. The fourth-order valence-electron chi connectivity index (χ4n) is 4.23. The van der Waals surface area contributed by atoms with Gasteiger partial charge in [-0.3, -0.25) is 0 Å². The molecule has 1 heterocycles. The van der Waals surface area contributed by atoms with Crippen LogP contribution in [0.1, 0.15) is 42.9 Å². The molecule has 2 fully saturated rings. The highest BCUT2D eigenvalue weighted by atomic mass is 16.5. The zero-order chi connectivity index (χ0) is 11.9. The van der Waals surface area contributed by atoms with Crippen LogP contribution < -0.4 is 5.32 Å². The van der Waals surface area contributed by atoms with E-state index in [0.717, 1.165) is 31.1 Å². The Labute approximate surface area is 109 Å². The van der Waals surface area contributed by atoms with Crippen LogP contribution in [0.25, 0.3) is 0 Å². The summed E-state index contributed by atoms with van der Waals surface area (Å²) in [6.45, 7) is 1.62. The van der Waals surface area contributed by atoms with Crippen LogP contribution in [-0.2, 0) is 11.3 Å². The van der Waals surface area contributed by atoms with Gasteiger partial charge in [-0.25, -0.2) is 0 Å². The van der Waals surface area contributed by atoms with Gasteiger partial charge in [-0.2, -0.15) is 0 Å². The minimum atomic E-state index is 0.416. The van der Waals surface area contributed by atoms with Crippen molar-refractivity contribution in [3.05, 3.63) is 35.4 Å². The second kappa shape index (κ2) is 4.36. The van der Waals surface area contributed by atoms with Crippen molar-refractivity contribution in [2.45, 2.75) is 44.4 Å². The van der Waals surface area contributed by atoms with E-state index in [-0.39, 0.29) is 0 Å². The smallest absolute Gasteiger partial charge is 0.0721 e. The summed E-state index contributed by atoms with van der Waals surface area (Å²) in [5.41, 5.74) is 2.83. The highest BCUT2D eigenvalue weighted by Crippen LogP contribution is 2.45. The fourth-order valence-corrected chi connectivity index (χ4v) is 4.23. The van der Waals surface area contributed by atoms with Crippen molar-refractivity contribution in [3.63, 3.8) is 0 Å². The Morgan fingerprint density at radius 3 is 2.89 bits per heavy atom. The Morgan fingerprint density at radius 2 is 2.06 bits per heavy atom. The van der Waals surface area contributed by atoms with Gasteiger partial charge >= 0.3 is 0 Å². The summed E-state index contributed by atoms with van der Waals surface area (Å²) in [5.74, 6) is 1.94. The lowest BCUT2D eigenvalue weighted by Gasteiger charge is -2.32. The van der Waals surface area contributed by atoms with Crippen LogP contribution in [0.5, 0.6) is 0 Å². The zero-order valence-corrected chi connectivity index (χ0v) is 10.8. The SMILES string of the molecule is c1ccc2c(c1)COCC2NC1CC2CCC1C2. The first-order chi connectivity index (χ1) is 8.90. The molecule has 1 aliphatic heterocycles. The predicted molar refractivity (Wildman–Crippen MR) is 71.2 cm³/mol. The number of hydrogen-bond donors (Lipinski definition) is 1. The Kier molecular flexibility index (Phi) is 2.66. The van der Waals surface area contributed by atoms with Crippen molar-refractivity contribution in [2.24, 2.45) is 11.8 Å². The normalized spacial score (nSPS) is 37.8. The van der Waals surface area contributed by atoms with Crippen LogP contribution in [0.15, 0.2) is 24.3 Å². The molecule has 4 unspecified atom stereocenters. The van der Waals surface area contributed by atoms with Gasteiger partial charge in [0.1, 0.15) is 0 Å². The molecule has 1 aromatic carbocycles. The van der Waals surface area contributed by atoms with Crippen molar-refractivity contribution in [3.8, 4) is 0 Å². The predicted octanol–water partition coefficient (Wildman–Crippen LogP) is 3.04. The van der Waals surface area contributed by atoms with Crippen LogP contribution in [0, 0.1) is 11.8 Å². The monoisotopic (exact) mass is 243 g/mol. The van der Waals surface area contributed by atoms with E-state index in [9.17, 15) is 0 Å². The van der Waals surface area contributed by atoms with Gasteiger partial charge < -0.3 is 10.1 Å². The molecule has 96 valence electrons. The molecule has 4 atom stereocenters. The molecule has 2 saturated carbocycles. The van der Waals surface area contributed by atoms with Crippen LogP contribution in [0.2, 0.25) is 0 Å². The number of rotatable bonds is 2. The van der Waals surface area contributed by atoms with E-state index < -0.39 is 0 Å². The zero-order valence-electron chi connectivity index (χ0n) is 10.8. The second-order valence-electron chi connectivity index (χ2n) is 6.21. The first kappa shape index (κ1) is 11.0. The van der Waals surface area contributed by atoms with Crippen molar-refractivity contribution in [2.75, 3.05) is 6.61 Å². The highest BCUT2D eigenvalue weighted by Gasteiger charge is 2.40. The molecule has 2 heteroatoms. The molecule has 18 heavy (non-hydrogen) atoms. The van der Waals surface area contributed by atoms with Gasteiger partial charge in [0.25, 0.3) is 0 Å². The van der Waals surface area contributed by atoms with Gasteiger partial charge in [0.05, 0.1) is 19.3 Å². The summed E-state index contributed by atoms with van der Waals surface area (Å²) in [7, 11) is 0. The third kappa shape index (κ3) is 1.79. The lowest BCUT2D eigenvalue weighted by molar-refractivity contribution is 0.0754. The van der Waals surface area contributed by atoms with E-state index in [1.54, 1.807) is 0 Å². The lowest BCUT2D eigenvalue weighted by Crippen LogP contribution is -2.40. The average molecular weight is 243 g/mol. The first-order valence-electron chi connectivity index (χ1n) is 7.32. The minimum Gasteiger partial charge on any atom is -0.375 e. The van der Waals surface area contributed by atoms with E-state index in [1.165, 1.54) is 36.8 Å². The molecular weight excluding hydrogens is 222 g/mol. The molecule has 2 nitrogen and oxygen atoms in total. The van der Waals surface area contributed by atoms with E-state index >= 15 is 0 Å². The van der Waals surface area contributed by atoms with E-state index in [2.05, 4.69) is 29.6 Å². The van der Waals surface area contributed by atoms with E-state index in [0.29, 0.717) is 6.04 Å². The molecule has 0 radical (unpaired) electrons. The summed E-state index contributed by atoms with van der Waals surface area (Å²) >= 11 is 0. The van der Waals surface area contributed by atoms with Gasteiger partial charge in [-0.15, -0.1) is 0 Å². The third-order valence-electron chi connectivity index (χ3n) is 5.13. The number of fused-ring (bicyclic) bond motifs is 3. The number of benzene rings is 1. The van der Waals surface area contributed by atoms with Crippen molar-refractivity contribution < 1.29 is 4.74 Å². The van der Waals surface area contributed by atoms with Gasteiger partial charge in [0.15, 0.2) is 0 Å². The van der Waals surface area contributed by atoms with Gasteiger partial charge in [-0.05, 0) is 42.2 Å². The Balaban J connectivity index is 1.53. The standard InChI is InChI=1S/C16H21NO/c1-2-4-14-13(3-1)9-18-10-16(14)17-15-8-11-5-6-12(15)7-11/h1-4,11-12,15-17H,5-10H2. The molecule has 2 aliphatic carbocycles. The van der Waals surface area contributed by atoms with E-state index in [1.807, 2.05) is 0 Å². The van der Waals surface area contributed by atoms with Crippen LogP contribution >= 0.6 is 0 Å². The van der Waals surface area contributed by atoms with Crippen LogP contribution in [-0.4, -0.2) is 12.6 Å². The molecule has 4 rings (SSSR count). The molecule has 2 bridgehead atoms. The van der Waals surface area contributed by atoms with Crippen LogP contribution in [0.3, 0.4) is 0 Å². The second-order valence-corrected chi connectivity index (χ2v) is 6.21. The molecule has 0 spiro atoms. The molecule has 3 aliphatic rings. The molecule has 1 N–H and O–H groups in total. The molecule has 0 amide bonds. The maximum atomic E-state index is 5.74. The molecule has 1 aromatic rings. The van der Waals surface area contributed by atoms with Gasteiger partial charge in [-0.1, -0.05) is 30.7 Å². The minimum absolute atomic E-state index is 0.416. The Bertz CT molecular complexity index is 444. The van der Waals surface area contributed by atoms with Gasteiger partial charge in [0.2, 0.25) is 0 Å². The summed E-state index contributed by atoms with van der Waals surface area (Å²) in [6.07, 6.45) is 5.77. The average Bonchev–Trinajstić information content (AvgIpc) is 3.01. The summed E-state index contributed by atoms with van der Waals surface area (Å²) in [6, 6.07) is 9.89. The number of nitrogens with one attached hydrogen (secondary N) is 1. The summed E-state index contributed by atoms with van der Waals surface area (Å²) < 4.78 is 5.74. The van der Waals surface area contributed by atoms with E-state index in [4.69, 9.17) is 4.74 Å². The highest BCUT2D eigenvalue weighted by molar-refractivity contribution is 5.31. The topological polar surface area (TPSA) is 21.3 Å². The molecule has 0 saturated heterocycles. The van der Waals surface area contributed by atoms with Crippen molar-refractivity contribution in [1.29, 1.82) is 0 Å². The quantitative estimate of drug-likeness (QED) is 0.862. The largest absolute Gasteiger partial charge is 0.375 e. The molecule has 0 aromatic heterocycles. The Hall–Kier alpha value is -0.860. The number of ether oxygens (including phenoxy) is 1. The van der Waals surface area contributed by atoms with Gasteiger partial charge in [0, 0.05) is 6.04 Å². The number of hydrogen-bond acceptors (Lipinski definition) is 2. The lowest BCUT2D eigenvalue weighted by atomic mass is 9.92. The molecular formula is C16H21NO. The maximum absolute atomic E-state index is 5.74. The summed E-state index contributed by atoms with van der Waals surface area (Å²) in [4.78, 5) is 0. The van der Waals surface area contributed by atoms with Crippen molar-refractivity contribution in [1.82, 2.24) is 5.32 Å². The van der Waals surface area contributed by atoms with Crippen LogP contribution in [0.4, 0.5) is 0 Å². The fraction of sp³-hybridized carbons (Fsp3) is 0.625.